The number of aromatic nitrogens is 3. The summed E-state index contributed by atoms with van der Waals surface area (Å²) in [6.07, 6.45) is 0. The van der Waals surface area contributed by atoms with Crippen LogP contribution in [-0.2, 0) is 0 Å². The lowest BCUT2D eigenvalue weighted by atomic mass is 9.92. The summed E-state index contributed by atoms with van der Waals surface area (Å²) in [5, 5.41) is 2.22. The van der Waals surface area contributed by atoms with E-state index in [1.807, 2.05) is 152 Å². The predicted molar refractivity (Wildman–Crippen MR) is 227 cm³/mol. The van der Waals surface area contributed by atoms with Crippen LogP contribution >= 0.6 is 0 Å². The van der Waals surface area contributed by atoms with Crippen LogP contribution < -0.4 is 0 Å². The molecule has 0 aliphatic heterocycles. The van der Waals surface area contributed by atoms with Gasteiger partial charge in [0.2, 0.25) is 0 Å². The second-order valence-electron chi connectivity index (χ2n) is 13.5. The molecule has 5 nitrogen and oxygen atoms in total. The first-order valence-corrected chi connectivity index (χ1v) is 18.2. The Morgan fingerprint density at radius 3 is 1.68 bits per heavy atom. The number of fused-ring (bicyclic) bond motifs is 6. The first-order valence-electron chi connectivity index (χ1n) is 21.2. The number of hydrogen-bond acceptors (Lipinski definition) is 5. The van der Waals surface area contributed by atoms with Crippen LogP contribution in [0, 0.1) is 0 Å². The zero-order chi connectivity index (χ0) is 42.2. The van der Waals surface area contributed by atoms with Crippen molar-refractivity contribution in [2.45, 2.75) is 0 Å². The fourth-order valence-corrected chi connectivity index (χ4v) is 7.49. The second kappa shape index (κ2) is 13.0. The Kier molecular flexibility index (Phi) is 6.10. The molecule has 0 saturated heterocycles. The van der Waals surface area contributed by atoms with E-state index in [2.05, 4.69) is 0 Å². The highest BCUT2D eigenvalue weighted by Gasteiger charge is 2.20. The monoisotopic (exact) mass is 723 g/mol. The number of rotatable bonds is 6. The van der Waals surface area contributed by atoms with Crippen molar-refractivity contribution in [3.8, 4) is 67.5 Å². The fourth-order valence-electron chi connectivity index (χ4n) is 7.49. The van der Waals surface area contributed by atoms with Crippen LogP contribution in [-0.4, -0.2) is 15.0 Å². The van der Waals surface area contributed by atoms with E-state index in [9.17, 15) is 5.48 Å². The minimum absolute atomic E-state index is 0.0197. The average Bonchev–Trinajstić information content (AvgIpc) is 3.91. The Hall–Kier alpha value is -7.63. The summed E-state index contributed by atoms with van der Waals surface area (Å²) in [5.41, 5.74) is 6.84. The van der Waals surface area contributed by atoms with E-state index in [4.69, 9.17) is 26.5 Å². The van der Waals surface area contributed by atoms with Crippen LogP contribution in [0.5, 0.6) is 0 Å². The molecular formula is C51H31N3O2. The van der Waals surface area contributed by atoms with Crippen LogP contribution in [0.4, 0.5) is 0 Å². The zero-order valence-electron chi connectivity index (χ0n) is 35.6. The van der Waals surface area contributed by atoms with Gasteiger partial charge in [-0.25, -0.2) is 15.0 Å². The Morgan fingerprint density at radius 1 is 0.357 bits per heavy atom. The van der Waals surface area contributed by atoms with Gasteiger partial charge >= 0.3 is 0 Å². The SMILES string of the molecule is [2H]c1c([2H])c(-c2ccccc2-c2ccccc2)c2c(oc3c([2H])c(-c4nc(-c5ccccc5)nc(-c5cc(-c6ccccc6)c6c(c5)oc5ccccc56)n4)c([2H])c([2H])c32)c1[2H]. The van der Waals surface area contributed by atoms with Crippen molar-refractivity contribution in [2.24, 2.45) is 0 Å². The molecule has 0 atom stereocenters. The van der Waals surface area contributed by atoms with Gasteiger partial charge in [0, 0.05) is 38.2 Å². The van der Waals surface area contributed by atoms with Gasteiger partial charge in [-0.1, -0.05) is 152 Å². The van der Waals surface area contributed by atoms with E-state index in [1.54, 1.807) is 0 Å². The van der Waals surface area contributed by atoms with E-state index in [0.717, 1.165) is 38.6 Å². The van der Waals surface area contributed by atoms with Crippen molar-refractivity contribution in [2.75, 3.05) is 0 Å². The first kappa shape index (κ1) is 26.2. The summed E-state index contributed by atoms with van der Waals surface area (Å²) < 4.78 is 68.6. The average molecular weight is 724 g/mol. The standard InChI is InChI=1S/C51H31N3O2/c1-4-15-32(16-5-1)37-21-10-11-22-38(37)39-24-14-26-44-47(39)41-28-27-35(30-45(41)56-44)50-52-49(34-19-8-3-9-20-34)53-51(54-50)36-29-42(33-17-6-2-7-18-33)48-40-23-12-13-25-43(40)55-46(48)31-36/h1-31H/i14D,24D,26D,27D,28D,30D. The molecule has 0 amide bonds. The Labute approximate surface area is 330 Å². The molecule has 0 bridgehead atoms. The van der Waals surface area contributed by atoms with Crippen LogP contribution in [0.2, 0.25) is 0 Å². The summed E-state index contributed by atoms with van der Waals surface area (Å²) in [6.45, 7) is 0. The van der Waals surface area contributed by atoms with E-state index >= 15 is 0 Å². The quantitative estimate of drug-likeness (QED) is 0.171. The molecule has 11 aromatic rings. The van der Waals surface area contributed by atoms with Crippen molar-refractivity contribution in [1.82, 2.24) is 15.0 Å². The van der Waals surface area contributed by atoms with Crippen molar-refractivity contribution in [1.29, 1.82) is 0 Å². The molecule has 0 radical (unpaired) electrons. The minimum Gasteiger partial charge on any atom is -0.456 e. The van der Waals surface area contributed by atoms with Gasteiger partial charge < -0.3 is 8.83 Å². The van der Waals surface area contributed by atoms with Gasteiger partial charge in [-0.3, -0.25) is 0 Å². The zero-order valence-corrected chi connectivity index (χ0v) is 29.6. The van der Waals surface area contributed by atoms with E-state index in [1.165, 1.54) is 0 Å². The third-order valence-corrected chi connectivity index (χ3v) is 10.1. The van der Waals surface area contributed by atoms with Gasteiger partial charge in [0.15, 0.2) is 17.5 Å². The number of hydrogen-bond donors (Lipinski definition) is 0. The largest absolute Gasteiger partial charge is 0.456 e. The highest BCUT2D eigenvalue weighted by Crippen LogP contribution is 2.43. The minimum atomic E-state index is -0.357. The molecule has 8 aromatic carbocycles. The van der Waals surface area contributed by atoms with Gasteiger partial charge in [0.05, 0.1) is 8.22 Å². The van der Waals surface area contributed by atoms with Crippen molar-refractivity contribution in [3.05, 3.63) is 188 Å². The molecule has 0 N–H and O–H groups in total. The molecule has 5 heteroatoms. The van der Waals surface area contributed by atoms with Crippen LogP contribution in [0.25, 0.3) is 111 Å². The molecule has 0 fully saturated rings. The first-order chi connectivity index (χ1) is 30.3. The van der Waals surface area contributed by atoms with Crippen molar-refractivity contribution in [3.63, 3.8) is 0 Å². The van der Waals surface area contributed by atoms with Gasteiger partial charge in [-0.15, -0.1) is 0 Å². The molecule has 0 spiro atoms. The fraction of sp³-hybridized carbons (Fsp3) is 0. The highest BCUT2D eigenvalue weighted by molar-refractivity contribution is 6.15. The molecule has 262 valence electrons. The Bertz CT molecular complexity index is 3590. The number of furan rings is 2. The maximum Gasteiger partial charge on any atom is 0.164 e. The van der Waals surface area contributed by atoms with Crippen LogP contribution in [0.1, 0.15) is 8.22 Å². The third-order valence-electron chi connectivity index (χ3n) is 10.1. The molecule has 3 aromatic heterocycles. The summed E-state index contributed by atoms with van der Waals surface area (Å²) >= 11 is 0. The highest BCUT2D eigenvalue weighted by atomic mass is 16.3. The third kappa shape index (κ3) is 5.37. The van der Waals surface area contributed by atoms with Crippen LogP contribution in [0.15, 0.2) is 197 Å². The van der Waals surface area contributed by atoms with Gasteiger partial charge in [-0.2, -0.15) is 0 Å². The summed E-state index contributed by atoms with van der Waals surface area (Å²) in [6, 6.07) is 46.4. The van der Waals surface area contributed by atoms with Crippen LogP contribution in [0.3, 0.4) is 0 Å². The predicted octanol–water partition coefficient (Wildman–Crippen LogP) is 13.7. The van der Waals surface area contributed by atoms with Crippen molar-refractivity contribution >= 4 is 43.9 Å². The molecule has 0 unspecified atom stereocenters. The molecule has 0 aliphatic rings. The Morgan fingerprint density at radius 2 is 0.929 bits per heavy atom. The molecule has 0 saturated carbocycles. The molecule has 56 heavy (non-hydrogen) atoms. The normalized spacial score (nSPS) is 13.1. The molecule has 11 rings (SSSR count). The van der Waals surface area contributed by atoms with Gasteiger partial charge in [0.25, 0.3) is 0 Å². The number of nitrogens with zero attached hydrogens (tertiary/aromatic N) is 3. The summed E-state index contributed by atoms with van der Waals surface area (Å²) in [4.78, 5) is 14.8. The molecule has 3 heterocycles. The topological polar surface area (TPSA) is 65.0 Å². The lowest BCUT2D eigenvalue weighted by molar-refractivity contribution is 0.669. The smallest absolute Gasteiger partial charge is 0.164 e. The lowest BCUT2D eigenvalue weighted by Gasteiger charge is -2.11. The number of benzene rings is 8. The summed E-state index contributed by atoms with van der Waals surface area (Å²) in [5.74, 6) is 0.528. The molecular weight excluding hydrogens is 687 g/mol. The lowest BCUT2D eigenvalue weighted by Crippen LogP contribution is -2.00. The van der Waals surface area contributed by atoms with Crippen molar-refractivity contribution < 1.29 is 17.1 Å². The summed E-state index contributed by atoms with van der Waals surface area (Å²) in [7, 11) is 0. The van der Waals surface area contributed by atoms with E-state index in [-0.39, 0.29) is 86.8 Å². The maximum atomic E-state index is 9.68. The number of para-hydroxylation sites is 1. The Balaban J connectivity index is 1.18. The molecule has 0 aliphatic carbocycles. The van der Waals surface area contributed by atoms with E-state index in [0.29, 0.717) is 22.3 Å². The van der Waals surface area contributed by atoms with Gasteiger partial charge in [0.1, 0.15) is 22.3 Å². The maximum absolute atomic E-state index is 9.68. The van der Waals surface area contributed by atoms with Gasteiger partial charge in [-0.05, 0) is 69.7 Å². The van der Waals surface area contributed by atoms with E-state index < -0.39 is 0 Å². The second-order valence-corrected chi connectivity index (χ2v) is 13.5.